The van der Waals surface area contributed by atoms with Crippen LogP contribution in [0.4, 0.5) is 4.79 Å². The third-order valence-corrected chi connectivity index (χ3v) is 4.63. The molecule has 0 aromatic rings. The zero-order chi connectivity index (χ0) is 13.3. The Morgan fingerprint density at radius 1 is 0.789 bits per heavy atom. The summed E-state index contributed by atoms with van der Waals surface area (Å²) in [4.78, 5) is 14.5. The van der Waals surface area contributed by atoms with Crippen molar-refractivity contribution < 1.29 is 4.79 Å². The van der Waals surface area contributed by atoms with Gasteiger partial charge < -0.3 is 10.2 Å². The summed E-state index contributed by atoms with van der Waals surface area (Å²) in [5.41, 5.74) is 0. The molecule has 1 N–H and O–H groups in total. The highest BCUT2D eigenvalue weighted by molar-refractivity contribution is 5.74. The van der Waals surface area contributed by atoms with E-state index in [0.717, 1.165) is 19.5 Å². The number of hydrogen-bond acceptors (Lipinski definition) is 1. The van der Waals surface area contributed by atoms with Crippen LogP contribution >= 0.6 is 0 Å². The maximum absolute atomic E-state index is 12.3. The molecule has 0 atom stereocenters. The lowest BCUT2D eigenvalue weighted by Crippen LogP contribution is -2.46. The summed E-state index contributed by atoms with van der Waals surface area (Å²) in [6, 6.07) is 0.697. The van der Waals surface area contributed by atoms with Crippen LogP contribution in [0.15, 0.2) is 0 Å². The zero-order valence-electron chi connectivity index (χ0n) is 12.3. The maximum Gasteiger partial charge on any atom is 0.317 e. The van der Waals surface area contributed by atoms with E-state index in [1.807, 2.05) is 0 Å². The van der Waals surface area contributed by atoms with Gasteiger partial charge >= 0.3 is 6.03 Å². The predicted molar refractivity (Wildman–Crippen MR) is 79.3 cm³/mol. The highest BCUT2D eigenvalue weighted by atomic mass is 16.2. The first-order chi connectivity index (χ1) is 9.38. The van der Waals surface area contributed by atoms with Crippen molar-refractivity contribution in [2.45, 2.75) is 83.1 Å². The van der Waals surface area contributed by atoms with E-state index in [9.17, 15) is 4.79 Å². The lowest BCUT2D eigenvalue weighted by Gasteiger charge is -2.31. The van der Waals surface area contributed by atoms with Gasteiger partial charge in [0, 0.05) is 19.1 Å². The Labute approximate surface area is 118 Å². The minimum Gasteiger partial charge on any atom is -0.338 e. The highest BCUT2D eigenvalue weighted by Crippen LogP contribution is 2.22. The molecule has 3 heteroatoms. The Hall–Kier alpha value is -0.730. The third-order valence-electron chi connectivity index (χ3n) is 4.63. The largest absolute Gasteiger partial charge is 0.338 e. The Kier molecular flexibility index (Phi) is 6.52. The second kappa shape index (κ2) is 8.44. The average Bonchev–Trinajstić information content (AvgIpc) is 2.60. The number of carbonyl (C=O) groups excluding carboxylic acids is 1. The molecule has 110 valence electrons. The molecule has 1 heterocycles. The number of rotatable bonds is 1. The summed E-state index contributed by atoms with van der Waals surface area (Å²) in [6.45, 7) is 1.83. The average molecular weight is 266 g/mol. The first-order valence-electron chi connectivity index (χ1n) is 8.42. The molecule has 0 aromatic heterocycles. The molecule has 2 fully saturated rings. The summed E-state index contributed by atoms with van der Waals surface area (Å²) in [5.74, 6) is 0. The van der Waals surface area contributed by atoms with Gasteiger partial charge in [-0.1, -0.05) is 51.4 Å². The van der Waals surface area contributed by atoms with Crippen LogP contribution in [0.1, 0.15) is 77.0 Å². The standard InChI is InChI=1S/C16H30N2O/c19-16-17-13-9-5-6-10-14-18(16)15-11-7-3-1-2-4-8-12-15/h15H,1-14H2,(H,17,19). The molecule has 1 aliphatic heterocycles. The second-order valence-electron chi connectivity index (χ2n) is 6.19. The Morgan fingerprint density at radius 2 is 1.37 bits per heavy atom. The summed E-state index contributed by atoms with van der Waals surface area (Å²) >= 11 is 0. The van der Waals surface area contributed by atoms with Gasteiger partial charge in [-0.25, -0.2) is 4.79 Å². The van der Waals surface area contributed by atoms with Crippen molar-refractivity contribution in [3.05, 3.63) is 0 Å². The van der Waals surface area contributed by atoms with E-state index in [0.29, 0.717) is 6.04 Å². The van der Waals surface area contributed by atoms with Gasteiger partial charge in [0.15, 0.2) is 0 Å². The van der Waals surface area contributed by atoms with Crippen molar-refractivity contribution >= 4 is 6.03 Å². The van der Waals surface area contributed by atoms with Crippen molar-refractivity contribution in [2.24, 2.45) is 0 Å². The third kappa shape index (κ3) is 5.04. The van der Waals surface area contributed by atoms with Gasteiger partial charge in [0.2, 0.25) is 0 Å². The lowest BCUT2D eigenvalue weighted by atomic mass is 10.0. The fraction of sp³-hybridized carbons (Fsp3) is 0.938. The molecule has 1 saturated carbocycles. The van der Waals surface area contributed by atoms with Crippen molar-refractivity contribution in [2.75, 3.05) is 13.1 Å². The monoisotopic (exact) mass is 266 g/mol. The molecule has 0 bridgehead atoms. The van der Waals surface area contributed by atoms with E-state index in [2.05, 4.69) is 10.2 Å². The Morgan fingerprint density at radius 3 is 2.11 bits per heavy atom. The molecular weight excluding hydrogens is 236 g/mol. The minimum absolute atomic E-state index is 0.200. The molecule has 1 saturated heterocycles. The molecule has 19 heavy (non-hydrogen) atoms. The smallest absolute Gasteiger partial charge is 0.317 e. The number of nitrogens with zero attached hydrogens (tertiary/aromatic N) is 1. The van der Waals surface area contributed by atoms with Gasteiger partial charge in [0.1, 0.15) is 0 Å². The van der Waals surface area contributed by atoms with Crippen molar-refractivity contribution in [1.82, 2.24) is 10.2 Å². The summed E-state index contributed by atoms with van der Waals surface area (Å²) in [5, 5.41) is 3.11. The molecule has 0 radical (unpaired) electrons. The molecule has 3 nitrogen and oxygen atoms in total. The lowest BCUT2D eigenvalue weighted by molar-refractivity contribution is 0.164. The first kappa shape index (κ1) is 14.7. The number of carbonyl (C=O) groups is 1. The molecule has 0 unspecified atom stereocenters. The van der Waals surface area contributed by atoms with Gasteiger partial charge in [-0.05, 0) is 25.7 Å². The van der Waals surface area contributed by atoms with E-state index in [1.165, 1.54) is 70.6 Å². The van der Waals surface area contributed by atoms with Gasteiger partial charge in [-0.15, -0.1) is 0 Å². The fourth-order valence-electron chi connectivity index (χ4n) is 3.43. The second-order valence-corrected chi connectivity index (χ2v) is 6.19. The van der Waals surface area contributed by atoms with Gasteiger partial charge in [0.25, 0.3) is 0 Å². The zero-order valence-corrected chi connectivity index (χ0v) is 12.3. The SMILES string of the molecule is O=C1NCCCCCCN1C1CCCCCCCC1. The van der Waals surface area contributed by atoms with E-state index < -0.39 is 0 Å². The minimum atomic E-state index is 0.200. The number of hydrogen-bond donors (Lipinski definition) is 1. The quantitative estimate of drug-likeness (QED) is 0.762. The number of nitrogens with one attached hydrogen (secondary N) is 1. The molecule has 2 rings (SSSR count). The Bertz CT molecular complexity index is 257. The molecule has 1 aliphatic carbocycles. The van der Waals surface area contributed by atoms with Gasteiger partial charge in [0.05, 0.1) is 0 Å². The van der Waals surface area contributed by atoms with Crippen LogP contribution in [0.2, 0.25) is 0 Å². The molecule has 2 aliphatic rings. The molecule has 0 aromatic carbocycles. The topological polar surface area (TPSA) is 32.3 Å². The van der Waals surface area contributed by atoms with Crippen LogP contribution in [0.5, 0.6) is 0 Å². The van der Waals surface area contributed by atoms with Crippen LogP contribution in [0.3, 0.4) is 0 Å². The van der Waals surface area contributed by atoms with Crippen LogP contribution in [0.25, 0.3) is 0 Å². The van der Waals surface area contributed by atoms with E-state index in [-0.39, 0.29) is 6.03 Å². The van der Waals surface area contributed by atoms with Crippen LogP contribution in [0, 0.1) is 0 Å². The van der Waals surface area contributed by atoms with Gasteiger partial charge in [-0.3, -0.25) is 0 Å². The predicted octanol–water partition coefficient (Wildman–Crippen LogP) is 4.08. The van der Waals surface area contributed by atoms with E-state index >= 15 is 0 Å². The summed E-state index contributed by atoms with van der Waals surface area (Å²) < 4.78 is 0. The highest BCUT2D eigenvalue weighted by Gasteiger charge is 2.23. The fourth-order valence-corrected chi connectivity index (χ4v) is 3.43. The molecule has 2 amide bonds. The molecular formula is C16H30N2O. The van der Waals surface area contributed by atoms with Crippen molar-refractivity contribution in [3.8, 4) is 0 Å². The van der Waals surface area contributed by atoms with Crippen molar-refractivity contribution in [1.29, 1.82) is 0 Å². The summed E-state index contributed by atoms with van der Waals surface area (Å²) in [6.07, 6.45) is 15.4. The van der Waals surface area contributed by atoms with Crippen LogP contribution in [-0.2, 0) is 0 Å². The maximum atomic E-state index is 12.3. The first-order valence-corrected chi connectivity index (χ1v) is 8.42. The van der Waals surface area contributed by atoms with E-state index in [4.69, 9.17) is 0 Å². The van der Waals surface area contributed by atoms with Gasteiger partial charge in [-0.2, -0.15) is 0 Å². The van der Waals surface area contributed by atoms with Crippen molar-refractivity contribution in [3.63, 3.8) is 0 Å². The number of amides is 2. The number of urea groups is 1. The van der Waals surface area contributed by atoms with Crippen LogP contribution < -0.4 is 5.32 Å². The summed E-state index contributed by atoms with van der Waals surface area (Å²) in [7, 11) is 0. The Balaban J connectivity index is 1.94. The van der Waals surface area contributed by atoms with E-state index in [1.54, 1.807) is 0 Å². The van der Waals surface area contributed by atoms with Crippen LogP contribution in [-0.4, -0.2) is 30.1 Å². The normalized spacial score (nSPS) is 25.3. The molecule has 0 spiro atoms.